The van der Waals surface area contributed by atoms with E-state index in [4.69, 9.17) is 10.8 Å². The quantitative estimate of drug-likeness (QED) is 0.736. The molecule has 1 atom stereocenters. The smallest absolute Gasteiger partial charge is 0.303 e. The third kappa shape index (κ3) is 2.51. The number of hydrogen-bond acceptors (Lipinski definition) is 2. The predicted molar refractivity (Wildman–Crippen MR) is 60.5 cm³/mol. The zero-order chi connectivity index (χ0) is 11.6. The van der Waals surface area contributed by atoms with Crippen molar-refractivity contribution in [3.8, 4) is 0 Å². The highest BCUT2D eigenvalue weighted by atomic mass is 16.4. The van der Waals surface area contributed by atoms with Crippen molar-refractivity contribution in [2.24, 2.45) is 23.0 Å². The van der Waals surface area contributed by atoms with Crippen LogP contribution in [0.5, 0.6) is 0 Å². The molecular weight excluding hydrogens is 190 g/mol. The van der Waals surface area contributed by atoms with Crippen LogP contribution >= 0.6 is 0 Å². The van der Waals surface area contributed by atoms with Crippen LogP contribution in [0.25, 0.3) is 0 Å². The summed E-state index contributed by atoms with van der Waals surface area (Å²) in [5.41, 5.74) is 5.95. The lowest BCUT2D eigenvalue weighted by atomic mass is 9.54. The Bertz CT molecular complexity index is 232. The Morgan fingerprint density at radius 2 is 2.07 bits per heavy atom. The molecule has 0 radical (unpaired) electrons. The topological polar surface area (TPSA) is 63.3 Å². The lowest BCUT2D eigenvalue weighted by molar-refractivity contribution is -0.144. The van der Waals surface area contributed by atoms with Crippen molar-refractivity contribution in [2.75, 3.05) is 0 Å². The van der Waals surface area contributed by atoms with Gasteiger partial charge in [0, 0.05) is 6.04 Å². The van der Waals surface area contributed by atoms with Gasteiger partial charge in [-0.1, -0.05) is 20.8 Å². The minimum Gasteiger partial charge on any atom is -0.481 e. The third-order valence-electron chi connectivity index (χ3n) is 4.01. The van der Waals surface area contributed by atoms with Gasteiger partial charge >= 0.3 is 5.97 Å². The summed E-state index contributed by atoms with van der Waals surface area (Å²) in [4.78, 5) is 10.8. The molecule has 0 heterocycles. The number of carbonyl (C=O) groups is 1. The number of rotatable bonds is 5. The minimum atomic E-state index is -0.707. The highest BCUT2D eigenvalue weighted by molar-refractivity contribution is 5.68. The molecule has 0 aromatic rings. The first-order chi connectivity index (χ1) is 6.91. The molecule has 1 rings (SSSR count). The summed E-state index contributed by atoms with van der Waals surface area (Å²) in [6, 6.07) is 0.0450. The normalized spacial score (nSPS) is 32.5. The van der Waals surface area contributed by atoms with E-state index in [2.05, 4.69) is 13.8 Å². The highest BCUT2D eigenvalue weighted by Crippen LogP contribution is 2.53. The summed E-state index contributed by atoms with van der Waals surface area (Å²) < 4.78 is 0. The Balaban J connectivity index is 2.63. The Morgan fingerprint density at radius 3 is 2.40 bits per heavy atom. The number of carboxylic acids is 1. The van der Waals surface area contributed by atoms with Gasteiger partial charge in [0.2, 0.25) is 0 Å². The van der Waals surface area contributed by atoms with E-state index in [-0.39, 0.29) is 17.9 Å². The molecule has 88 valence electrons. The highest BCUT2D eigenvalue weighted by Gasteiger charge is 2.49. The monoisotopic (exact) mass is 213 g/mol. The molecule has 0 amide bonds. The molecule has 15 heavy (non-hydrogen) atoms. The maximum Gasteiger partial charge on any atom is 0.303 e. The van der Waals surface area contributed by atoms with Gasteiger partial charge in [-0.15, -0.1) is 0 Å². The largest absolute Gasteiger partial charge is 0.481 e. The minimum absolute atomic E-state index is 0.0450. The van der Waals surface area contributed by atoms with Crippen LogP contribution < -0.4 is 5.73 Å². The van der Waals surface area contributed by atoms with E-state index >= 15 is 0 Å². The summed E-state index contributed by atoms with van der Waals surface area (Å²) in [5.74, 6) is 0.610. The van der Waals surface area contributed by atoms with Gasteiger partial charge in [0.15, 0.2) is 0 Å². The Labute approximate surface area is 92.0 Å². The van der Waals surface area contributed by atoms with E-state index < -0.39 is 5.97 Å². The fourth-order valence-electron chi connectivity index (χ4n) is 2.77. The molecule has 3 heteroatoms. The first-order valence-electron chi connectivity index (χ1n) is 5.88. The van der Waals surface area contributed by atoms with Crippen molar-refractivity contribution in [1.29, 1.82) is 0 Å². The van der Waals surface area contributed by atoms with Crippen LogP contribution in [0.15, 0.2) is 0 Å². The van der Waals surface area contributed by atoms with Crippen molar-refractivity contribution in [1.82, 2.24) is 0 Å². The molecule has 0 spiro atoms. The van der Waals surface area contributed by atoms with Gasteiger partial charge in [0.05, 0.1) is 6.42 Å². The average Bonchev–Trinajstić information content (AvgIpc) is 2.08. The first-order valence-corrected chi connectivity index (χ1v) is 5.88. The van der Waals surface area contributed by atoms with Crippen molar-refractivity contribution in [2.45, 2.75) is 52.5 Å². The summed E-state index contributed by atoms with van der Waals surface area (Å²) in [6.07, 6.45) is 3.10. The maximum absolute atomic E-state index is 10.8. The van der Waals surface area contributed by atoms with Gasteiger partial charge in [-0.05, 0) is 36.5 Å². The fraction of sp³-hybridized carbons (Fsp3) is 0.917. The van der Waals surface area contributed by atoms with Crippen LogP contribution in [0.2, 0.25) is 0 Å². The molecule has 1 unspecified atom stereocenters. The summed E-state index contributed by atoms with van der Waals surface area (Å²) in [6.45, 7) is 6.44. The Hall–Kier alpha value is -0.570. The molecule has 0 aliphatic heterocycles. The van der Waals surface area contributed by atoms with Gasteiger partial charge in [0.25, 0.3) is 0 Å². The Morgan fingerprint density at radius 1 is 1.53 bits per heavy atom. The number of hydrogen-bond donors (Lipinski definition) is 2. The average molecular weight is 213 g/mol. The summed E-state index contributed by atoms with van der Waals surface area (Å²) in [7, 11) is 0. The van der Waals surface area contributed by atoms with Gasteiger partial charge < -0.3 is 10.8 Å². The molecule has 1 saturated carbocycles. The molecule has 0 saturated heterocycles. The predicted octanol–water partition coefficient (Wildman–Crippen LogP) is 2.25. The van der Waals surface area contributed by atoms with Crippen molar-refractivity contribution in [3.63, 3.8) is 0 Å². The molecule has 0 aromatic carbocycles. The zero-order valence-electron chi connectivity index (χ0n) is 9.99. The zero-order valence-corrected chi connectivity index (χ0v) is 9.99. The molecule has 1 aliphatic carbocycles. The van der Waals surface area contributed by atoms with E-state index in [1.54, 1.807) is 0 Å². The standard InChI is InChI=1S/C12H23NO2/c1-4-10(13)12(7-11(14)15)5-9(6-12)8(2)3/h8-10H,4-7,13H2,1-3H3,(H,14,15). The molecule has 3 nitrogen and oxygen atoms in total. The number of nitrogens with two attached hydrogens (primary N) is 1. The van der Waals surface area contributed by atoms with E-state index in [9.17, 15) is 4.79 Å². The van der Waals surface area contributed by atoms with Gasteiger partial charge in [-0.2, -0.15) is 0 Å². The lowest BCUT2D eigenvalue weighted by Gasteiger charge is -2.52. The van der Waals surface area contributed by atoms with E-state index in [0.29, 0.717) is 11.8 Å². The SMILES string of the molecule is CCC(N)C1(CC(=O)O)CC(C(C)C)C1. The molecule has 3 N–H and O–H groups in total. The molecule has 0 aromatic heterocycles. The molecular formula is C12H23NO2. The molecule has 0 bridgehead atoms. The second-order valence-electron chi connectivity index (χ2n) is 5.36. The van der Waals surface area contributed by atoms with Gasteiger partial charge in [0.1, 0.15) is 0 Å². The first kappa shape index (κ1) is 12.5. The van der Waals surface area contributed by atoms with Crippen LogP contribution in [0, 0.1) is 17.3 Å². The van der Waals surface area contributed by atoms with Crippen LogP contribution in [0.4, 0.5) is 0 Å². The molecule has 1 aliphatic rings. The second-order valence-corrected chi connectivity index (χ2v) is 5.36. The maximum atomic E-state index is 10.8. The van der Waals surface area contributed by atoms with E-state index in [0.717, 1.165) is 19.3 Å². The van der Waals surface area contributed by atoms with E-state index in [1.165, 1.54) is 0 Å². The number of carboxylic acid groups (broad SMARTS) is 1. The van der Waals surface area contributed by atoms with E-state index in [1.807, 2.05) is 6.92 Å². The lowest BCUT2D eigenvalue weighted by Crippen LogP contribution is -2.52. The fourth-order valence-corrected chi connectivity index (χ4v) is 2.77. The van der Waals surface area contributed by atoms with Gasteiger partial charge in [-0.25, -0.2) is 0 Å². The van der Waals surface area contributed by atoms with Crippen LogP contribution in [0.1, 0.15) is 46.5 Å². The third-order valence-corrected chi connectivity index (χ3v) is 4.01. The van der Waals surface area contributed by atoms with Crippen molar-refractivity contribution in [3.05, 3.63) is 0 Å². The summed E-state index contributed by atoms with van der Waals surface area (Å²) >= 11 is 0. The summed E-state index contributed by atoms with van der Waals surface area (Å²) in [5, 5.41) is 8.93. The van der Waals surface area contributed by atoms with Crippen molar-refractivity contribution < 1.29 is 9.90 Å². The molecule has 1 fully saturated rings. The van der Waals surface area contributed by atoms with Gasteiger partial charge in [-0.3, -0.25) is 4.79 Å². The van der Waals surface area contributed by atoms with Crippen LogP contribution in [0.3, 0.4) is 0 Å². The number of aliphatic carboxylic acids is 1. The Kier molecular flexibility index (Phi) is 3.77. The van der Waals surface area contributed by atoms with Crippen LogP contribution in [-0.2, 0) is 4.79 Å². The van der Waals surface area contributed by atoms with Crippen molar-refractivity contribution >= 4 is 5.97 Å². The second kappa shape index (κ2) is 4.52. The van der Waals surface area contributed by atoms with Crippen LogP contribution in [-0.4, -0.2) is 17.1 Å².